The second kappa shape index (κ2) is 13.0. The van der Waals surface area contributed by atoms with Gasteiger partial charge in [-0.3, -0.25) is 0 Å². The first-order chi connectivity index (χ1) is 26.2. The summed E-state index contributed by atoms with van der Waals surface area (Å²) >= 11 is 1.63. The van der Waals surface area contributed by atoms with Gasteiger partial charge in [0.1, 0.15) is 4.83 Å². The SMILES string of the molecule is c1ccc(-c2cccc(-c3nc(-c4ccccc4)nc(-c4ccc(-c5nc(-c6ccc7ccccc7c6)c6sc7ncccc7c6n5)cc4)n3)c2)cc1. The van der Waals surface area contributed by atoms with Crippen LogP contribution in [-0.4, -0.2) is 29.9 Å². The molecule has 0 unspecified atom stereocenters. The van der Waals surface area contributed by atoms with Crippen molar-refractivity contribution in [1.29, 1.82) is 0 Å². The van der Waals surface area contributed by atoms with Crippen molar-refractivity contribution in [2.45, 2.75) is 0 Å². The lowest BCUT2D eigenvalue weighted by Gasteiger charge is -2.11. The van der Waals surface area contributed by atoms with Crippen molar-refractivity contribution in [2.75, 3.05) is 0 Å². The fourth-order valence-electron chi connectivity index (χ4n) is 6.73. The minimum absolute atomic E-state index is 0.591. The Bertz CT molecular complexity index is 2940. The molecule has 248 valence electrons. The van der Waals surface area contributed by atoms with Crippen LogP contribution in [0.5, 0.6) is 0 Å². The molecular weight excluding hydrogens is 669 g/mol. The van der Waals surface area contributed by atoms with Gasteiger partial charge in [0.15, 0.2) is 23.3 Å². The van der Waals surface area contributed by atoms with E-state index < -0.39 is 0 Å². The number of aromatic nitrogens is 6. The van der Waals surface area contributed by atoms with Crippen LogP contribution in [0.4, 0.5) is 0 Å². The minimum Gasteiger partial charge on any atom is -0.245 e. The molecule has 6 nitrogen and oxygen atoms in total. The summed E-state index contributed by atoms with van der Waals surface area (Å²) in [5.74, 6) is 2.47. The predicted molar refractivity (Wildman–Crippen MR) is 216 cm³/mol. The van der Waals surface area contributed by atoms with Crippen molar-refractivity contribution in [1.82, 2.24) is 29.9 Å². The van der Waals surface area contributed by atoms with E-state index in [0.717, 1.165) is 65.1 Å². The summed E-state index contributed by atoms with van der Waals surface area (Å²) in [4.78, 5) is 30.9. The normalized spacial score (nSPS) is 11.4. The van der Waals surface area contributed by atoms with E-state index in [1.165, 1.54) is 10.8 Å². The van der Waals surface area contributed by atoms with Gasteiger partial charge >= 0.3 is 0 Å². The summed E-state index contributed by atoms with van der Waals surface area (Å²) in [5, 5.41) is 3.38. The zero-order valence-electron chi connectivity index (χ0n) is 28.3. The summed E-state index contributed by atoms with van der Waals surface area (Å²) in [6, 6.07) is 55.9. The fraction of sp³-hybridized carbons (Fsp3) is 0. The number of hydrogen-bond acceptors (Lipinski definition) is 7. The molecule has 0 aliphatic heterocycles. The molecule has 6 aromatic carbocycles. The molecule has 10 rings (SSSR count). The van der Waals surface area contributed by atoms with Crippen LogP contribution in [0.3, 0.4) is 0 Å². The van der Waals surface area contributed by atoms with E-state index in [1.54, 1.807) is 11.3 Å². The second-order valence-electron chi connectivity index (χ2n) is 12.8. The molecule has 0 N–H and O–H groups in total. The van der Waals surface area contributed by atoms with Crippen LogP contribution in [0.15, 0.2) is 170 Å². The van der Waals surface area contributed by atoms with Gasteiger partial charge in [0.05, 0.1) is 15.9 Å². The van der Waals surface area contributed by atoms with Gasteiger partial charge in [-0.1, -0.05) is 140 Å². The number of rotatable bonds is 6. The van der Waals surface area contributed by atoms with Crippen molar-refractivity contribution >= 4 is 42.5 Å². The molecule has 53 heavy (non-hydrogen) atoms. The number of hydrogen-bond donors (Lipinski definition) is 0. The van der Waals surface area contributed by atoms with E-state index >= 15 is 0 Å². The van der Waals surface area contributed by atoms with E-state index in [-0.39, 0.29) is 0 Å². The minimum atomic E-state index is 0.591. The number of nitrogens with zero attached hydrogens (tertiary/aromatic N) is 6. The van der Waals surface area contributed by atoms with Gasteiger partial charge in [-0.05, 0) is 46.2 Å². The topological polar surface area (TPSA) is 77.3 Å². The molecule has 0 spiro atoms. The molecule has 0 fully saturated rings. The summed E-state index contributed by atoms with van der Waals surface area (Å²) in [5.41, 5.74) is 8.70. The predicted octanol–water partition coefficient (Wildman–Crippen LogP) is 11.6. The van der Waals surface area contributed by atoms with Crippen molar-refractivity contribution in [3.8, 4) is 67.9 Å². The summed E-state index contributed by atoms with van der Waals surface area (Å²) in [7, 11) is 0. The van der Waals surface area contributed by atoms with Crippen LogP contribution in [0.1, 0.15) is 0 Å². The van der Waals surface area contributed by atoms with E-state index in [0.29, 0.717) is 23.3 Å². The maximum atomic E-state index is 5.22. The number of fused-ring (bicyclic) bond motifs is 4. The van der Waals surface area contributed by atoms with Crippen molar-refractivity contribution in [3.05, 3.63) is 170 Å². The quantitative estimate of drug-likeness (QED) is 0.172. The van der Waals surface area contributed by atoms with Crippen molar-refractivity contribution in [2.24, 2.45) is 0 Å². The number of pyridine rings is 1. The van der Waals surface area contributed by atoms with Gasteiger partial charge in [-0.15, -0.1) is 11.3 Å². The van der Waals surface area contributed by atoms with E-state index in [1.807, 2.05) is 85.1 Å². The fourth-order valence-corrected chi connectivity index (χ4v) is 7.82. The van der Waals surface area contributed by atoms with Crippen molar-refractivity contribution in [3.63, 3.8) is 0 Å². The number of thiophene rings is 1. The highest BCUT2D eigenvalue weighted by Gasteiger charge is 2.18. The number of benzene rings is 6. The van der Waals surface area contributed by atoms with Gasteiger partial charge < -0.3 is 0 Å². The standard InChI is InChI=1S/C46H28N6S/c1-3-11-29(12-4-1)35-17-9-18-37(28-35)45-51-43(31-14-5-2-6-15-31)50-44(52-45)33-23-21-32(22-24-33)42-48-39(36-25-20-30-13-7-8-16-34(30)27-36)41-40(49-42)38-19-10-26-47-46(38)53-41/h1-28H. The average molecular weight is 697 g/mol. The third-order valence-corrected chi connectivity index (χ3v) is 10.5. The molecule has 10 aromatic rings. The van der Waals surface area contributed by atoms with Crippen LogP contribution >= 0.6 is 11.3 Å². The molecule has 0 bridgehead atoms. The smallest absolute Gasteiger partial charge is 0.164 e. The Morgan fingerprint density at radius 1 is 0.358 bits per heavy atom. The van der Waals surface area contributed by atoms with Crippen LogP contribution in [0, 0.1) is 0 Å². The highest BCUT2D eigenvalue weighted by Crippen LogP contribution is 2.39. The zero-order valence-corrected chi connectivity index (χ0v) is 29.1. The molecule has 0 aliphatic rings. The maximum absolute atomic E-state index is 5.22. The van der Waals surface area contributed by atoms with Gasteiger partial charge in [-0.25, -0.2) is 29.9 Å². The molecule has 7 heteroatoms. The average Bonchev–Trinajstić information content (AvgIpc) is 3.62. The molecule has 0 aliphatic carbocycles. The zero-order chi connectivity index (χ0) is 35.1. The Morgan fingerprint density at radius 2 is 0.925 bits per heavy atom. The summed E-state index contributed by atoms with van der Waals surface area (Å²) in [6.07, 6.45) is 1.83. The lowest BCUT2D eigenvalue weighted by atomic mass is 10.0. The Kier molecular flexibility index (Phi) is 7.55. The summed E-state index contributed by atoms with van der Waals surface area (Å²) < 4.78 is 1.02. The van der Waals surface area contributed by atoms with E-state index in [4.69, 9.17) is 24.9 Å². The largest absolute Gasteiger partial charge is 0.245 e. The van der Waals surface area contributed by atoms with Crippen molar-refractivity contribution < 1.29 is 0 Å². The van der Waals surface area contributed by atoms with Crippen LogP contribution < -0.4 is 0 Å². The third-order valence-electron chi connectivity index (χ3n) is 9.41. The highest BCUT2D eigenvalue weighted by atomic mass is 32.1. The Balaban J connectivity index is 1.09. The first-order valence-corrected chi connectivity index (χ1v) is 18.2. The first kappa shape index (κ1) is 30.8. The van der Waals surface area contributed by atoms with Gasteiger partial charge in [0, 0.05) is 39.4 Å². The Hall–Kier alpha value is -6.96. The third kappa shape index (κ3) is 5.79. The molecule has 0 amide bonds. The van der Waals surface area contributed by atoms with Gasteiger partial charge in [0.2, 0.25) is 0 Å². The lowest BCUT2D eigenvalue weighted by molar-refractivity contribution is 1.07. The Morgan fingerprint density at radius 3 is 1.66 bits per heavy atom. The van der Waals surface area contributed by atoms with Crippen LogP contribution in [0.2, 0.25) is 0 Å². The summed E-state index contributed by atoms with van der Waals surface area (Å²) in [6.45, 7) is 0. The monoisotopic (exact) mass is 696 g/mol. The molecule has 0 radical (unpaired) electrons. The van der Waals surface area contributed by atoms with Crippen LogP contribution in [0.25, 0.3) is 99.1 Å². The molecule has 0 saturated heterocycles. The van der Waals surface area contributed by atoms with E-state index in [9.17, 15) is 0 Å². The lowest BCUT2D eigenvalue weighted by Crippen LogP contribution is -2.00. The second-order valence-corrected chi connectivity index (χ2v) is 13.8. The van der Waals surface area contributed by atoms with Gasteiger partial charge in [0.25, 0.3) is 0 Å². The Labute approximate surface area is 309 Å². The van der Waals surface area contributed by atoms with Gasteiger partial charge in [-0.2, -0.15) is 0 Å². The first-order valence-electron chi connectivity index (χ1n) is 17.4. The highest BCUT2D eigenvalue weighted by molar-refractivity contribution is 7.25. The van der Waals surface area contributed by atoms with E-state index in [2.05, 4.69) is 89.9 Å². The molecular formula is C46H28N6S. The molecule has 4 aromatic heterocycles. The van der Waals surface area contributed by atoms with Crippen LogP contribution in [-0.2, 0) is 0 Å². The molecule has 0 atom stereocenters. The molecule has 4 heterocycles. The molecule has 0 saturated carbocycles. The maximum Gasteiger partial charge on any atom is 0.164 e.